The van der Waals surface area contributed by atoms with Crippen molar-refractivity contribution in [3.8, 4) is 23.0 Å². The van der Waals surface area contributed by atoms with Crippen LogP contribution in [0.4, 0.5) is 8.78 Å². The second-order valence-corrected chi connectivity index (χ2v) is 14.8. The minimum atomic E-state index is -2.12. The van der Waals surface area contributed by atoms with Crippen LogP contribution in [-0.4, -0.2) is 67.0 Å². The zero-order valence-corrected chi connectivity index (χ0v) is 34.7. The lowest BCUT2D eigenvalue weighted by Gasteiger charge is -2.24. The summed E-state index contributed by atoms with van der Waals surface area (Å²) in [6.07, 6.45) is 3.40. The normalized spacial score (nSPS) is 12.9. The van der Waals surface area contributed by atoms with E-state index in [0.717, 1.165) is 27.9 Å². The van der Waals surface area contributed by atoms with Crippen molar-refractivity contribution in [2.45, 2.75) is 51.6 Å². The summed E-state index contributed by atoms with van der Waals surface area (Å²) in [5, 5.41) is 11.3. The highest BCUT2D eigenvalue weighted by atomic mass is 19.1. The molecule has 0 aliphatic rings. The highest BCUT2D eigenvalue weighted by Gasteiger charge is 2.39. The van der Waals surface area contributed by atoms with Crippen LogP contribution in [0, 0.1) is 6.92 Å². The molecule has 2 unspecified atom stereocenters. The van der Waals surface area contributed by atoms with E-state index < -0.39 is 29.3 Å². The Balaban J connectivity index is 0.000000210. The Kier molecular flexibility index (Phi) is 14.4. The van der Waals surface area contributed by atoms with Gasteiger partial charge in [-0.05, 0) is 80.4 Å². The number of ether oxygens (including phenoxy) is 1. The number of hydrogen-bond acceptors (Lipinski definition) is 6. The Hall–Kier alpha value is -6.55. The predicted molar refractivity (Wildman–Crippen MR) is 244 cm³/mol. The maximum atomic E-state index is 16.0. The summed E-state index contributed by atoms with van der Waals surface area (Å²) in [5.41, 5.74) is -0.248. The number of nitrogens with zero attached hydrogens (tertiary/aromatic N) is 3. The van der Waals surface area contributed by atoms with E-state index in [1.807, 2.05) is 67.6 Å². The molecule has 1 N–H and O–H groups in total. The van der Waals surface area contributed by atoms with E-state index in [9.17, 15) is 14.7 Å². The Morgan fingerprint density at radius 3 is 1.68 bits per heavy atom. The summed E-state index contributed by atoms with van der Waals surface area (Å²) in [7, 11) is 14.0. The third kappa shape index (κ3) is 10.3. The number of aromatic hydroxyl groups is 1. The number of Topliss-reactive ketones (excluding diaryl/α,β-unsaturated/α-hetero) is 2. The molecule has 3 heterocycles. The first kappa shape index (κ1) is 45.0. The fourth-order valence-corrected chi connectivity index (χ4v) is 7.11. The lowest BCUT2D eigenvalue weighted by atomic mass is 9.08. The first-order chi connectivity index (χ1) is 29.7. The van der Waals surface area contributed by atoms with Crippen molar-refractivity contribution in [1.29, 1.82) is 0 Å². The van der Waals surface area contributed by atoms with Gasteiger partial charge in [-0.25, -0.2) is 13.8 Å². The highest BCUT2D eigenvalue weighted by molar-refractivity contribution is 7.49. The zero-order chi connectivity index (χ0) is 44.4. The summed E-state index contributed by atoms with van der Waals surface area (Å²) in [5.74, 6) is 1.14. The summed E-state index contributed by atoms with van der Waals surface area (Å²) in [6, 6.07) is 41.2. The number of alkyl halides is 2. The van der Waals surface area contributed by atoms with Gasteiger partial charge < -0.3 is 23.4 Å². The topological polar surface area (TPSA) is 99.5 Å². The van der Waals surface area contributed by atoms with Gasteiger partial charge in [-0.3, -0.25) is 9.59 Å². The van der Waals surface area contributed by atoms with Gasteiger partial charge in [-0.1, -0.05) is 91.0 Å². The van der Waals surface area contributed by atoms with Crippen molar-refractivity contribution >= 4 is 63.0 Å². The van der Waals surface area contributed by atoms with Crippen LogP contribution in [0.2, 0.25) is 0 Å². The van der Waals surface area contributed by atoms with Crippen molar-refractivity contribution in [3.63, 3.8) is 0 Å². The van der Waals surface area contributed by atoms with Crippen LogP contribution in [0.25, 0.3) is 33.3 Å². The van der Waals surface area contributed by atoms with Crippen molar-refractivity contribution < 1.29 is 32.6 Å². The SMILES string of the molecule is CC(=O)C(F)(Cn1ccc2c(O)cccc21)c1ccccc1.CC(=O)C(F)(Cn1ccc2c(OCCc3nc(-c4ccccc4)oc3C)cccc21)c1ccccc1.[B]B([B])[B]. The molecule has 3 aromatic heterocycles. The molecule has 306 valence electrons. The molecule has 14 heteroatoms. The quantitative estimate of drug-likeness (QED) is 0.117. The minimum Gasteiger partial charge on any atom is -0.507 e. The van der Waals surface area contributed by atoms with Crippen molar-refractivity contribution in [2.24, 2.45) is 0 Å². The van der Waals surface area contributed by atoms with E-state index in [2.05, 4.69) is 28.2 Å². The number of rotatable bonds is 13. The number of aromatic nitrogens is 3. The van der Waals surface area contributed by atoms with Crippen LogP contribution >= 0.6 is 0 Å². The van der Waals surface area contributed by atoms with Crippen molar-refractivity contribution in [2.75, 3.05) is 6.61 Å². The molecule has 2 atom stereocenters. The Morgan fingerprint density at radius 1 is 0.694 bits per heavy atom. The fourth-order valence-electron chi connectivity index (χ4n) is 7.11. The van der Waals surface area contributed by atoms with Gasteiger partial charge in [0.05, 0.1) is 36.4 Å². The maximum absolute atomic E-state index is 16.0. The molecule has 0 fully saturated rings. The number of aryl methyl sites for hydroxylation is 1. The summed E-state index contributed by atoms with van der Waals surface area (Å²) in [4.78, 5) is 29.0. The second kappa shape index (κ2) is 19.9. The van der Waals surface area contributed by atoms with Crippen LogP contribution in [0.3, 0.4) is 0 Å². The molecule has 0 aliphatic carbocycles. The van der Waals surface area contributed by atoms with Gasteiger partial charge in [0, 0.05) is 64.7 Å². The van der Waals surface area contributed by atoms with Crippen LogP contribution < -0.4 is 4.74 Å². The molecule has 0 bridgehead atoms. The van der Waals surface area contributed by atoms with E-state index in [1.165, 1.54) is 13.8 Å². The fraction of sp³-hybridized carbons (Fsp3) is 0.188. The monoisotopic (exact) mass is 823 g/mol. The van der Waals surface area contributed by atoms with Crippen LogP contribution in [0.5, 0.6) is 11.5 Å². The number of hydrogen-bond donors (Lipinski definition) is 1. The zero-order valence-electron chi connectivity index (χ0n) is 34.7. The molecule has 0 aliphatic heterocycles. The molecule has 0 spiro atoms. The highest BCUT2D eigenvalue weighted by Crippen LogP contribution is 2.35. The summed E-state index contributed by atoms with van der Waals surface area (Å²) in [6.45, 7) is 4.63. The molecule has 0 saturated heterocycles. The van der Waals surface area contributed by atoms with Crippen molar-refractivity contribution in [1.82, 2.24) is 14.1 Å². The Bertz CT molecular complexity index is 2740. The number of oxazole rings is 1. The number of benzene rings is 5. The number of carbonyl (C=O) groups is 2. The maximum Gasteiger partial charge on any atom is 0.226 e. The number of halogens is 2. The average molecular weight is 823 g/mol. The van der Waals surface area contributed by atoms with E-state index in [0.29, 0.717) is 46.7 Å². The molecular formula is C48H43B4F2N3O5. The molecule has 8 aromatic rings. The Morgan fingerprint density at radius 2 is 1.16 bits per heavy atom. The van der Waals surface area contributed by atoms with Gasteiger partial charge >= 0.3 is 0 Å². The third-order valence-corrected chi connectivity index (χ3v) is 10.4. The predicted octanol–water partition coefficient (Wildman–Crippen LogP) is 8.96. The average Bonchev–Trinajstić information content (AvgIpc) is 3.99. The molecule has 6 radical (unpaired) electrons. The number of fused-ring (bicyclic) bond motifs is 2. The minimum absolute atomic E-state index is 0.111. The molecule has 0 amide bonds. The lowest BCUT2D eigenvalue weighted by Crippen LogP contribution is -2.33. The molecule has 0 saturated carbocycles. The second-order valence-electron chi connectivity index (χ2n) is 14.8. The largest absolute Gasteiger partial charge is 0.507 e. The van der Waals surface area contributed by atoms with Crippen molar-refractivity contribution in [3.05, 3.63) is 175 Å². The molecule has 62 heavy (non-hydrogen) atoms. The molecule has 8 rings (SSSR count). The van der Waals surface area contributed by atoms with E-state index >= 15 is 8.78 Å². The van der Waals surface area contributed by atoms with E-state index in [1.54, 1.807) is 100 Å². The van der Waals surface area contributed by atoms with Gasteiger partial charge in [0.2, 0.25) is 17.2 Å². The van der Waals surface area contributed by atoms with Crippen LogP contribution in [0.15, 0.2) is 156 Å². The van der Waals surface area contributed by atoms with E-state index in [-0.39, 0.29) is 18.8 Å². The molecule has 8 nitrogen and oxygen atoms in total. The van der Waals surface area contributed by atoms with Crippen LogP contribution in [0.1, 0.15) is 36.4 Å². The Labute approximate surface area is 364 Å². The van der Waals surface area contributed by atoms with Gasteiger partial charge in [-0.15, -0.1) is 0 Å². The number of phenolic OH excluding ortho intramolecular Hbond substituents is 1. The summed E-state index contributed by atoms with van der Waals surface area (Å²) < 4.78 is 46.8. The number of carbonyl (C=O) groups excluding carboxylic acids is 2. The van der Waals surface area contributed by atoms with Crippen LogP contribution in [-0.2, 0) is 40.4 Å². The van der Waals surface area contributed by atoms with E-state index in [4.69, 9.17) is 9.15 Å². The number of phenols is 1. The van der Waals surface area contributed by atoms with Gasteiger partial charge in [0.25, 0.3) is 0 Å². The number of ketones is 2. The summed E-state index contributed by atoms with van der Waals surface area (Å²) >= 11 is 0. The van der Waals surface area contributed by atoms with Gasteiger partial charge in [-0.2, -0.15) is 0 Å². The van der Waals surface area contributed by atoms with Gasteiger partial charge in [0.1, 0.15) is 17.3 Å². The smallest absolute Gasteiger partial charge is 0.226 e. The molecular weight excluding hydrogens is 780 g/mol. The van der Waals surface area contributed by atoms with Gasteiger partial charge in [0.15, 0.2) is 11.6 Å². The first-order valence-corrected chi connectivity index (χ1v) is 20.0. The lowest BCUT2D eigenvalue weighted by molar-refractivity contribution is -0.130. The first-order valence-electron chi connectivity index (χ1n) is 20.0. The molecule has 5 aromatic carbocycles. The third-order valence-electron chi connectivity index (χ3n) is 10.4. The standard InChI is InChI=1S/C30H27FN2O3.C18H16FNO2.B4/c1-21-26(32-29(36-21)23-10-5-3-6-11-23)17-19-35-28-15-9-14-27-25(28)16-18-33(27)20-30(31,22(2)34)24-12-7-4-8-13-24;1-13(21)18(19,14-6-3-2-4-7-14)12-20-11-10-15-16(20)8-5-9-17(15)22;1-4(2)3/h3-16,18H,17,19-20H2,1-2H3;2-11,22H,12H2,1H3;.